The Morgan fingerprint density at radius 1 is 0.386 bits per heavy atom. The zero-order valence-electron chi connectivity index (χ0n) is 24.0. The summed E-state index contributed by atoms with van der Waals surface area (Å²) in [5.41, 5.74) is 12.8. The fraction of sp³-hybridized carbons (Fsp3) is 0. The SMILES string of the molecule is c1ccc(-c2ccc(-c3ccc(N(c4ccc(-c5ccccc5)cc4)c4ccc5c(c4)oc4cccnc45)cc3)cc2)cc1. The Morgan fingerprint density at radius 2 is 0.841 bits per heavy atom. The van der Waals surface area contributed by atoms with Crippen molar-refractivity contribution in [2.24, 2.45) is 0 Å². The minimum Gasteiger partial charge on any atom is -0.454 e. The van der Waals surface area contributed by atoms with Gasteiger partial charge in [0.25, 0.3) is 0 Å². The number of furan rings is 1. The lowest BCUT2D eigenvalue weighted by Crippen LogP contribution is -2.09. The molecule has 0 aliphatic carbocycles. The van der Waals surface area contributed by atoms with Crippen LogP contribution in [0.15, 0.2) is 174 Å². The van der Waals surface area contributed by atoms with Crippen molar-refractivity contribution in [1.29, 1.82) is 0 Å². The molecule has 2 aromatic heterocycles. The highest BCUT2D eigenvalue weighted by Crippen LogP contribution is 2.39. The Hall–Kier alpha value is -5.93. The van der Waals surface area contributed by atoms with Gasteiger partial charge in [-0.05, 0) is 81.9 Å². The molecule has 0 fully saturated rings. The number of hydrogen-bond acceptors (Lipinski definition) is 3. The van der Waals surface area contributed by atoms with Crippen LogP contribution in [0.25, 0.3) is 55.4 Å². The lowest BCUT2D eigenvalue weighted by atomic mass is 10.00. The summed E-state index contributed by atoms with van der Waals surface area (Å²) in [6.45, 7) is 0. The second-order valence-electron chi connectivity index (χ2n) is 10.9. The zero-order chi connectivity index (χ0) is 29.3. The normalized spacial score (nSPS) is 11.2. The predicted molar refractivity (Wildman–Crippen MR) is 183 cm³/mol. The smallest absolute Gasteiger partial charge is 0.153 e. The molecular weight excluding hydrogens is 536 g/mol. The molecule has 0 aliphatic rings. The highest BCUT2D eigenvalue weighted by Gasteiger charge is 2.16. The first-order chi connectivity index (χ1) is 21.8. The molecule has 0 atom stereocenters. The van der Waals surface area contributed by atoms with Crippen molar-refractivity contribution in [2.75, 3.05) is 4.90 Å². The fourth-order valence-electron chi connectivity index (χ4n) is 5.89. The summed E-state index contributed by atoms with van der Waals surface area (Å²) < 4.78 is 6.22. The predicted octanol–water partition coefficient (Wildman–Crippen LogP) is 11.5. The van der Waals surface area contributed by atoms with E-state index in [1.807, 2.05) is 30.5 Å². The maximum absolute atomic E-state index is 6.22. The van der Waals surface area contributed by atoms with Crippen LogP contribution in [0.4, 0.5) is 17.1 Å². The standard InChI is InChI=1S/C41H28N2O/c1-3-8-29(9-4-1)31-13-15-32(16-14-31)34-19-23-36(24-20-34)43(35-21-17-33(18-22-35)30-10-5-2-6-11-30)37-25-26-38-40(28-37)44-39-12-7-27-42-41(38)39/h1-28H. The Kier molecular flexibility index (Phi) is 6.47. The first-order valence-electron chi connectivity index (χ1n) is 14.8. The molecule has 2 heterocycles. The van der Waals surface area contributed by atoms with Crippen molar-refractivity contribution in [3.63, 3.8) is 0 Å². The molecule has 8 aromatic rings. The molecule has 44 heavy (non-hydrogen) atoms. The van der Waals surface area contributed by atoms with Crippen LogP contribution in [-0.4, -0.2) is 4.98 Å². The molecule has 6 aromatic carbocycles. The van der Waals surface area contributed by atoms with E-state index in [9.17, 15) is 0 Å². The average molecular weight is 565 g/mol. The van der Waals surface area contributed by atoms with Crippen LogP contribution >= 0.6 is 0 Å². The fourth-order valence-corrected chi connectivity index (χ4v) is 5.89. The largest absolute Gasteiger partial charge is 0.454 e. The Morgan fingerprint density at radius 3 is 1.36 bits per heavy atom. The highest BCUT2D eigenvalue weighted by atomic mass is 16.3. The number of hydrogen-bond donors (Lipinski definition) is 0. The third-order valence-corrected chi connectivity index (χ3v) is 8.15. The summed E-state index contributed by atoms with van der Waals surface area (Å²) >= 11 is 0. The Labute approximate surface area is 256 Å². The molecule has 0 saturated heterocycles. The van der Waals surface area contributed by atoms with Crippen LogP contribution in [0.1, 0.15) is 0 Å². The minimum absolute atomic E-state index is 0.793. The average Bonchev–Trinajstić information content (AvgIpc) is 3.48. The van der Waals surface area contributed by atoms with E-state index < -0.39 is 0 Å². The molecule has 8 rings (SSSR count). The van der Waals surface area contributed by atoms with Gasteiger partial charge in [0.05, 0.1) is 0 Å². The van der Waals surface area contributed by atoms with E-state index in [1.54, 1.807) is 0 Å². The molecule has 0 aliphatic heterocycles. The highest BCUT2D eigenvalue weighted by molar-refractivity contribution is 6.03. The van der Waals surface area contributed by atoms with Gasteiger partial charge in [0, 0.05) is 34.7 Å². The number of nitrogens with zero attached hydrogens (tertiary/aromatic N) is 2. The van der Waals surface area contributed by atoms with Crippen LogP contribution in [0.3, 0.4) is 0 Å². The molecule has 0 amide bonds. The van der Waals surface area contributed by atoms with Gasteiger partial charge in [-0.15, -0.1) is 0 Å². The van der Waals surface area contributed by atoms with E-state index in [4.69, 9.17) is 4.42 Å². The van der Waals surface area contributed by atoms with Gasteiger partial charge in [-0.1, -0.05) is 109 Å². The summed E-state index contributed by atoms with van der Waals surface area (Å²) in [5.74, 6) is 0. The van der Waals surface area contributed by atoms with Crippen LogP contribution < -0.4 is 4.90 Å². The third kappa shape index (κ3) is 4.81. The van der Waals surface area contributed by atoms with E-state index >= 15 is 0 Å². The lowest BCUT2D eigenvalue weighted by Gasteiger charge is -2.26. The van der Waals surface area contributed by atoms with E-state index in [-0.39, 0.29) is 0 Å². The Bertz CT molecular complexity index is 2180. The van der Waals surface area contributed by atoms with Gasteiger partial charge in [0.2, 0.25) is 0 Å². The van der Waals surface area contributed by atoms with Crippen molar-refractivity contribution in [3.8, 4) is 33.4 Å². The summed E-state index contributed by atoms with van der Waals surface area (Å²) in [6, 6.07) is 57.5. The van der Waals surface area contributed by atoms with Gasteiger partial charge < -0.3 is 9.32 Å². The van der Waals surface area contributed by atoms with Gasteiger partial charge >= 0.3 is 0 Å². The molecule has 0 radical (unpaired) electrons. The topological polar surface area (TPSA) is 29.3 Å². The van der Waals surface area contributed by atoms with Gasteiger partial charge in [0.1, 0.15) is 11.1 Å². The number of fused-ring (bicyclic) bond motifs is 3. The van der Waals surface area contributed by atoms with E-state index in [0.717, 1.165) is 39.1 Å². The molecule has 3 heteroatoms. The summed E-state index contributed by atoms with van der Waals surface area (Å²) in [6.07, 6.45) is 1.81. The summed E-state index contributed by atoms with van der Waals surface area (Å²) in [4.78, 5) is 6.83. The van der Waals surface area contributed by atoms with Crippen molar-refractivity contribution in [1.82, 2.24) is 4.98 Å². The van der Waals surface area contributed by atoms with Gasteiger partial charge in [-0.3, -0.25) is 4.98 Å². The molecule has 0 saturated carbocycles. The Balaban J connectivity index is 1.18. The number of benzene rings is 6. The zero-order valence-corrected chi connectivity index (χ0v) is 24.0. The van der Waals surface area contributed by atoms with Crippen LogP contribution in [0, 0.1) is 0 Å². The monoisotopic (exact) mass is 564 g/mol. The quantitative estimate of drug-likeness (QED) is 0.201. The first kappa shape index (κ1) is 25.8. The summed E-state index contributed by atoms with van der Waals surface area (Å²) in [7, 11) is 0. The molecule has 0 bridgehead atoms. The first-order valence-corrected chi connectivity index (χ1v) is 14.8. The van der Waals surface area contributed by atoms with E-state index in [1.165, 1.54) is 33.4 Å². The van der Waals surface area contributed by atoms with Crippen LogP contribution in [0.5, 0.6) is 0 Å². The van der Waals surface area contributed by atoms with E-state index in [2.05, 4.69) is 149 Å². The van der Waals surface area contributed by atoms with Gasteiger partial charge in [-0.25, -0.2) is 0 Å². The molecule has 0 N–H and O–H groups in total. The van der Waals surface area contributed by atoms with Crippen molar-refractivity contribution in [3.05, 3.63) is 170 Å². The second kappa shape index (κ2) is 11.0. The van der Waals surface area contributed by atoms with Crippen molar-refractivity contribution >= 4 is 39.1 Å². The number of anilines is 3. The molecule has 0 unspecified atom stereocenters. The molecule has 3 nitrogen and oxygen atoms in total. The minimum atomic E-state index is 0.793. The number of aromatic nitrogens is 1. The van der Waals surface area contributed by atoms with Crippen molar-refractivity contribution in [2.45, 2.75) is 0 Å². The molecular formula is C41H28N2O. The van der Waals surface area contributed by atoms with Crippen molar-refractivity contribution < 1.29 is 4.42 Å². The molecule has 208 valence electrons. The van der Waals surface area contributed by atoms with Gasteiger partial charge in [0.15, 0.2) is 5.58 Å². The van der Waals surface area contributed by atoms with Crippen LogP contribution in [0.2, 0.25) is 0 Å². The van der Waals surface area contributed by atoms with Crippen LogP contribution in [-0.2, 0) is 0 Å². The van der Waals surface area contributed by atoms with Gasteiger partial charge in [-0.2, -0.15) is 0 Å². The lowest BCUT2D eigenvalue weighted by molar-refractivity contribution is 0.668. The number of rotatable bonds is 6. The maximum Gasteiger partial charge on any atom is 0.153 e. The summed E-state index contributed by atoms with van der Waals surface area (Å²) in [5, 5.41) is 1.01. The van der Waals surface area contributed by atoms with E-state index in [0.29, 0.717) is 0 Å². The molecule has 0 spiro atoms. The third-order valence-electron chi connectivity index (χ3n) is 8.15. The second-order valence-corrected chi connectivity index (χ2v) is 10.9. The number of pyridine rings is 1. The maximum atomic E-state index is 6.22.